The van der Waals surface area contributed by atoms with E-state index < -0.39 is 9.84 Å². The summed E-state index contributed by atoms with van der Waals surface area (Å²) in [4.78, 5) is 14.2. The molecule has 0 fully saturated rings. The van der Waals surface area contributed by atoms with Gasteiger partial charge in [0.1, 0.15) is 28.3 Å². The largest absolute Gasteiger partial charge is 0.399 e. The molecule has 3 rings (SSSR count). The van der Waals surface area contributed by atoms with Crippen LogP contribution < -0.4 is 5.73 Å². The summed E-state index contributed by atoms with van der Waals surface area (Å²) in [5.74, 6) is 1.56. The Bertz CT molecular complexity index is 1170. The molecule has 2 heterocycles. The van der Waals surface area contributed by atoms with Crippen LogP contribution in [0.15, 0.2) is 29.4 Å². The molecular weight excluding hydrogens is 402 g/mol. The van der Waals surface area contributed by atoms with Crippen molar-refractivity contribution in [2.45, 2.75) is 45.6 Å². The van der Waals surface area contributed by atoms with Crippen LogP contribution in [0.5, 0.6) is 0 Å². The normalized spacial score (nSPS) is 12.7. The highest BCUT2D eigenvalue weighted by molar-refractivity contribution is 7.90. The van der Waals surface area contributed by atoms with Gasteiger partial charge in [0.15, 0.2) is 5.82 Å². The minimum atomic E-state index is -2.93. The van der Waals surface area contributed by atoms with Gasteiger partial charge in [0.2, 0.25) is 0 Å². The van der Waals surface area contributed by atoms with Gasteiger partial charge in [0, 0.05) is 30.4 Å². The lowest BCUT2D eigenvalue weighted by Crippen LogP contribution is -2.08. The number of pyridine rings is 1. The maximum Gasteiger partial charge on any atom is 0.152 e. The number of oxime groups is 1. The third kappa shape index (κ3) is 5.27. The molecular formula is C21H29N5O3S. The minimum Gasteiger partial charge on any atom is -0.399 e. The van der Waals surface area contributed by atoms with E-state index in [1.807, 2.05) is 31.2 Å². The molecule has 8 nitrogen and oxygen atoms in total. The number of para-hydroxylation sites is 1. The molecule has 0 saturated carbocycles. The molecule has 0 bridgehead atoms. The molecule has 162 valence electrons. The van der Waals surface area contributed by atoms with Crippen LogP contribution in [0.3, 0.4) is 0 Å². The number of hydrogen-bond acceptors (Lipinski definition) is 7. The van der Waals surface area contributed by atoms with Crippen LogP contribution in [0.4, 0.5) is 5.82 Å². The van der Waals surface area contributed by atoms with Crippen LogP contribution in [0, 0.1) is 0 Å². The van der Waals surface area contributed by atoms with Crippen LogP contribution in [-0.4, -0.2) is 47.8 Å². The number of anilines is 1. The van der Waals surface area contributed by atoms with E-state index in [0.29, 0.717) is 24.2 Å². The number of fused-ring (bicyclic) bond motifs is 3. The molecule has 0 aliphatic carbocycles. The van der Waals surface area contributed by atoms with Gasteiger partial charge in [-0.2, -0.15) is 0 Å². The number of nitrogens with zero attached hydrogens (tertiary/aromatic N) is 4. The first-order chi connectivity index (χ1) is 14.3. The lowest BCUT2D eigenvalue weighted by Gasteiger charge is -2.11. The minimum absolute atomic E-state index is 0.219. The molecule has 1 aromatic carbocycles. The molecule has 30 heavy (non-hydrogen) atoms. The van der Waals surface area contributed by atoms with Crippen molar-refractivity contribution in [3.05, 3.63) is 30.1 Å². The summed E-state index contributed by atoms with van der Waals surface area (Å²) in [5.41, 5.74) is 9.65. The summed E-state index contributed by atoms with van der Waals surface area (Å²) in [7, 11) is -1.39. The second kappa shape index (κ2) is 9.42. The number of imidazole rings is 1. The van der Waals surface area contributed by atoms with E-state index in [9.17, 15) is 8.42 Å². The second-order valence-electron chi connectivity index (χ2n) is 7.59. The van der Waals surface area contributed by atoms with Crippen LogP contribution in [0.2, 0.25) is 0 Å². The first-order valence-corrected chi connectivity index (χ1v) is 12.1. The molecule has 0 radical (unpaired) electrons. The van der Waals surface area contributed by atoms with E-state index >= 15 is 0 Å². The van der Waals surface area contributed by atoms with Crippen LogP contribution in [0.1, 0.15) is 38.4 Å². The van der Waals surface area contributed by atoms with Gasteiger partial charge >= 0.3 is 0 Å². The molecule has 0 spiro atoms. The smallest absolute Gasteiger partial charge is 0.152 e. The van der Waals surface area contributed by atoms with Gasteiger partial charge in [0.05, 0.1) is 16.7 Å². The van der Waals surface area contributed by atoms with Gasteiger partial charge in [0.25, 0.3) is 0 Å². The number of nitrogen functional groups attached to an aromatic ring is 1. The average Bonchev–Trinajstić information content (AvgIpc) is 3.05. The van der Waals surface area contributed by atoms with E-state index in [4.69, 9.17) is 15.6 Å². The number of aryl methyl sites for hydroxylation is 2. The van der Waals surface area contributed by atoms with Crippen molar-refractivity contribution in [3.63, 3.8) is 0 Å². The standard InChI is InChI=1S/C21H29N5O3S/c1-15(25-29-2)11-12-18-24-19-20(16-9-5-6-10-17(16)23-21(19)22)26(18)13-7-4-8-14-30(3,27)28/h5-6,9-10H,4,7-8,11-14H2,1-3H3,(H2,22,23). The van der Waals surface area contributed by atoms with E-state index in [1.165, 1.54) is 13.4 Å². The van der Waals surface area contributed by atoms with Gasteiger partial charge in [-0.05, 0) is 32.3 Å². The second-order valence-corrected chi connectivity index (χ2v) is 9.85. The third-order valence-corrected chi connectivity index (χ3v) is 6.07. The topological polar surface area (TPSA) is 112 Å². The van der Waals surface area contributed by atoms with Gasteiger partial charge in [-0.1, -0.05) is 29.8 Å². The highest BCUT2D eigenvalue weighted by atomic mass is 32.2. The zero-order valence-corrected chi connectivity index (χ0v) is 18.6. The predicted octanol–water partition coefficient (Wildman–Crippen LogP) is 3.34. The monoisotopic (exact) mass is 431 g/mol. The molecule has 0 saturated heterocycles. The molecule has 3 aromatic rings. The zero-order valence-electron chi connectivity index (χ0n) is 17.8. The zero-order chi connectivity index (χ0) is 21.7. The maximum absolute atomic E-state index is 11.4. The van der Waals surface area contributed by atoms with Crippen molar-refractivity contribution in [2.24, 2.45) is 5.16 Å². The number of nitrogens with two attached hydrogens (primary N) is 1. The Morgan fingerprint density at radius 3 is 2.70 bits per heavy atom. The van der Waals surface area contributed by atoms with Crippen molar-refractivity contribution in [2.75, 3.05) is 24.9 Å². The van der Waals surface area contributed by atoms with Gasteiger partial charge < -0.3 is 15.1 Å². The maximum atomic E-state index is 11.4. The van der Waals surface area contributed by atoms with E-state index in [2.05, 4.69) is 14.7 Å². The van der Waals surface area contributed by atoms with E-state index in [0.717, 1.165) is 53.8 Å². The van der Waals surface area contributed by atoms with Gasteiger partial charge in [-0.3, -0.25) is 0 Å². The summed E-state index contributed by atoms with van der Waals surface area (Å²) in [6.07, 6.45) is 5.04. The Labute approximate surface area is 177 Å². The lowest BCUT2D eigenvalue weighted by molar-refractivity contribution is 0.212. The average molecular weight is 432 g/mol. The fourth-order valence-electron chi connectivity index (χ4n) is 3.64. The summed E-state index contributed by atoms with van der Waals surface area (Å²) >= 11 is 0. The van der Waals surface area contributed by atoms with Crippen molar-refractivity contribution >= 4 is 43.3 Å². The highest BCUT2D eigenvalue weighted by Gasteiger charge is 2.17. The molecule has 0 aliphatic heterocycles. The third-order valence-electron chi connectivity index (χ3n) is 5.04. The number of hydrogen-bond donors (Lipinski definition) is 1. The first kappa shape index (κ1) is 22.0. The summed E-state index contributed by atoms with van der Waals surface area (Å²) in [6, 6.07) is 7.91. The van der Waals surface area contributed by atoms with Crippen LogP contribution in [0.25, 0.3) is 21.9 Å². The molecule has 2 aromatic heterocycles. The summed E-state index contributed by atoms with van der Waals surface area (Å²) in [5, 5.41) is 5.00. The van der Waals surface area contributed by atoms with Crippen molar-refractivity contribution in [3.8, 4) is 0 Å². The van der Waals surface area contributed by atoms with Crippen molar-refractivity contribution in [1.82, 2.24) is 14.5 Å². The Morgan fingerprint density at radius 1 is 1.20 bits per heavy atom. The predicted molar refractivity (Wildman–Crippen MR) is 121 cm³/mol. The Hall–Kier alpha value is -2.68. The summed E-state index contributed by atoms with van der Waals surface area (Å²) < 4.78 is 25.0. The van der Waals surface area contributed by atoms with E-state index in [-0.39, 0.29) is 5.75 Å². The number of benzene rings is 1. The molecule has 0 unspecified atom stereocenters. The van der Waals surface area contributed by atoms with Crippen LogP contribution in [-0.2, 0) is 27.6 Å². The molecule has 9 heteroatoms. The molecule has 0 aliphatic rings. The highest BCUT2D eigenvalue weighted by Crippen LogP contribution is 2.29. The van der Waals surface area contributed by atoms with Crippen LogP contribution >= 0.6 is 0 Å². The number of unbranched alkanes of at least 4 members (excludes halogenated alkanes) is 2. The molecule has 0 atom stereocenters. The quantitative estimate of drug-likeness (QED) is 0.299. The lowest BCUT2D eigenvalue weighted by atomic mass is 10.1. The number of rotatable bonds is 10. The van der Waals surface area contributed by atoms with Gasteiger partial charge in [-0.25, -0.2) is 18.4 Å². The van der Waals surface area contributed by atoms with Crippen molar-refractivity contribution < 1.29 is 13.3 Å². The molecule has 0 amide bonds. The molecule has 2 N–H and O–H groups in total. The fraction of sp³-hybridized carbons (Fsp3) is 0.476. The fourth-order valence-corrected chi connectivity index (χ4v) is 4.37. The Kier molecular flexibility index (Phi) is 6.91. The Balaban J connectivity index is 1.94. The first-order valence-electron chi connectivity index (χ1n) is 10.1. The number of aromatic nitrogens is 3. The van der Waals surface area contributed by atoms with Crippen molar-refractivity contribution in [1.29, 1.82) is 0 Å². The SMILES string of the molecule is CON=C(C)CCc1nc2c(N)nc3ccccc3c2n1CCCCCS(C)(=O)=O. The van der Waals surface area contributed by atoms with Gasteiger partial charge in [-0.15, -0.1) is 0 Å². The number of sulfone groups is 1. The summed E-state index contributed by atoms with van der Waals surface area (Å²) in [6.45, 7) is 2.66. The van der Waals surface area contributed by atoms with E-state index in [1.54, 1.807) is 0 Å². The Morgan fingerprint density at radius 2 is 1.97 bits per heavy atom.